The maximum absolute atomic E-state index is 5.67. The van der Waals surface area contributed by atoms with Crippen LogP contribution < -0.4 is 5.32 Å². The summed E-state index contributed by atoms with van der Waals surface area (Å²) in [6, 6.07) is 8.88. The van der Waals surface area contributed by atoms with Crippen LogP contribution in [0.4, 0.5) is 5.69 Å². The molecule has 1 rings (SSSR count). The Morgan fingerprint density at radius 3 is 2.77 bits per heavy atom. The van der Waals surface area contributed by atoms with E-state index in [2.05, 4.69) is 43.4 Å². The Hall–Kier alpha value is -0.690. The summed E-state index contributed by atoms with van der Waals surface area (Å²) in [6.07, 6.45) is 0.940. The van der Waals surface area contributed by atoms with Crippen molar-refractivity contribution in [3.05, 3.63) is 29.8 Å². The van der Waals surface area contributed by atoms with Gasteiger partial charge in [0.05, 0.1) is 0 Å². The van der Waals surface area contributed by atoms with Gasteiger partial charge in [-0.05, 0) is 38.0 Å². The van der Waals surface area contributed by atoms with Crippen molar-refractivity contribution in [2.45, 2.75) is 26.3 Å². The summed E-state index contributed by atoms with van der Waals surface area (Å²) in [5.41, 5.74) is 2.47. The number of hydrogen-bond donors (Lipinski definition) is 1. The number of rotatable bonds is 4. The van der Waals surface area contributed by atoms with E-state index in [0.717, 1.165) is 6.42 Å². The summed E-state index contributed by atoms with van der Waals surface area (Å²) in [5, 5.41) is 3.36. The molecule has 0 atom stereocenters. The van der Waals surface area contributed by atoms with Crippen LogP contribution >= 0.6 is 11.6 Å². The molecule has 0 bridgehead atoms. The minimum Gasteiger partial charge on any atom is -0.383 e. The second-order valence-corrected chi connectivity index (χ2v) is 3.82. The van der Waals surface area contributed by atoms with Crippen molar-refractivity contribution in [2.75, 3.05) is 11.2 Å². The molecule has 0 amide bonds. The van der Waals surface area contributed by atoms with Gasteiger partial charge < -0.3 is 5.32 Å². The smallest absolute Gasteiger partial charge is 0.0344 e. The molecule has 0 aliphatic rings. The molecule has 1 aromatic carbocycles. The average Bonchev–Trinajstić information content (AvgIpc) is 2.04. The standard InChI is InChI=1S/C11H16ClN/c1-9(2)13-11-5-3-4-10(8-11)6-7-12/h3-5,8-9,13H,6-7H2,1-2H3. The van der Waals surface area contributed by atoms with Crippen molar-refractivity contribution in [3.8, 4) is 0 Å². The lowest BCUT2D eigenvalue weighted by atomic mass is 10.1. The van der Waals surface area contributed by atoms with Crippen molar-refractivity contribution < 1.29 is 0 Å². The number of anilines is 1. The van der Waals surface area contributed by atoms with Crippen LogP contribution in [0.1, 0.15) is 19.4 Å². The van der Waals surface area contributed by atoms with Crippen LogP contribution in [0.15, 0.2) is 24.3 Å². The Bertz CT molecular complexity index is 258. The van der Waals surface area contributed by atoms with Gasteiger partial charge in [0.15, 0.2) is 0 Å². The Kier molecular flexibility index (Phi) is 4.10. The molecule has 0 aromatic heterocycles. The van der Waals surface area contributed by atoms with Crippen LogP contribution in [-0.2, 0) is 6.42 Å². The molecule has 0 heterocycles. The van der Waals surface area contributed by atoms with Crippen molar-refractivity contribution in [1.82, 2.24) is 0 Å². The summed E-state index contributed by atoms with van der Waals surface area (Å²) < 4.78 is 0. The van der Waals surface area contributed by atoms with Gasteiger partial charge in [-0.1, -0.05) is 12.1 Å². The van der Waals surface area contributed by atoms with Crippen molar-refractivity contribution in [3.63, 3.8) is 0 Å². The molecule has 72 valence electrons. The average molecular weight is 198 g/mol. The highest BCUT2D eigenvalue weighted by Gasteiger charge is 1.96. The van der Waals surface area contributed by atoms with Gasteiger partial charge in [0.25, 0.3) is 0 Å². The number of aryl methyl sites for hydroxylation is 1. The van der Waals surface area contributed by atoms with Crippen LogP contribution in [0.5, 0.6) is 0 Å². The van der Waals surface area contributed by atoms with E-state index in [1.807, 2.05) is 0 Å². The number of hydrogen-bond acceptors (Lipinski definition) is 1. The minimum absolute atomic E-state index is 0.478. The molecular formula is C11H16ClN. The molecule has 0 radical (unpaired) electrons. The maximum atomic E-state index is 5.67. The van der Waals surface area contributed by atoms with E-state index in [1.54, 1.807) is 0 Å². The summed E-state index contributed by atoms with van der Waals surface area (Å²) in [6.45, 7) is 4.27. The highest BCUT2D eigenvalue weighted by molar-refractivity contribution is 6.17. The van der Waals surface area contributed by atoms with Crippen molar-refractivity contribution in [2.24, 2.45) is 0 Å². The second kappa shape index (κ2) is 5.13. The van der Waals surface area contributed by atoms with Crippen molar-refractivity contribution in [1.29, 1.82) is 0 Å². The predicted molar refractivity (Wildman–Crippen MR) is 59.6 cm³/mol. The van der Waals surface area contributed by atoms with Crippen LogP contribution in [0.3, 0.4) is 0 Å². The molecule has 0 saturated carbocycles. The molecule has 1 aromatic rings. The fourth-order valence-corrected chi connectivity index (χ4v) is 1.48. The molecule has 2 heteroatoms. The highest BCUT2D eigenvalue weighted by Crippen LogP contribution is 2.12. The fourth-order valence-electron chi connectivity index (χ4n) is 1.26. The second-order valence-electron chi connectivity index (χ2n) is 3.44. The Labute approximate surface area is 85.1 Å². The zero-order chi connectivity index (χ0) is 9.68. The highest BCUT2D eigenvalue weighted by atomic mass is 35.5. The Morgan fingerprint density at radius 2 is 2.15 bits per heavy atom. The third-order valence-corrected chi connectivity index (χ3v) is 1.95. The maximum Gasteiger partial charge on any atom is 0.0344 e. The molecule has 1 N–H and O–H groups in total. The molecule has 0 spiro atoms. The molecule has 0 aliphatic carbocycles. The van der Waals surface area contributed by atoms with Gasteiger partial charge in [-0.15, -0.1) is 11.6 Å². The van der Waals surface area contributed by atoms with Gasteiger partial charge in [0.2, 0.25) is 0 Å². The summed E-state index contributed by atoms with van der Waals surface area (Å²) in [7, 11) is 0. The van der Waals surface area contributed by atoms with Crippen LogP contribution in [0.25, 0.3) is 0 Å². The lowest BCUT2D eigenvalue weighted by molar-refractivity contribution is 0.899. The van der Waals surface area contributed by atoms with Crippen molar-refractivity contribution >= 4 is 17.3 Å². The number of nitrogens with one attached hydrogen (secondary N) is 1. The summed E-state index contributed by atoms with van der Waals surface area (Å²) in [4.78, 5) is 0. The van der Waals surface area contributed by atoms with Crippen LogP contribution in [0.2, 0.25) is 0 Å². The largest absolute Gasteiger partial charge is 0.383 e. The summed E-state index contributed by atoms with van der Waals surface area (Å²) in [5.74, 6) is 0.686. The monoisotopic (exact) mass is 197 g/mol. The normalized spacial score (nSPS) is 10.5. The topological polar surface area (TPSA) is 12.0 Å². The first-order valence-electron chi connectivity index (χ1n) is 4.64. The lowest BCUT2D eigenvalue weighted by Crippen LogP contribution is -2.09. The molecule has 1 nitrogen and oxygen atoms in total. The first-order valence-corrected chi connectivity index (χ1v) is 5.17. The van der Waals surface area contributed by atoms with E-state index in [9.17, 15) is 0 Å². The van der Waals surface area contributed by atoms with E-state index in [-0.39, 0.29) is 0 Å². The quantitative estimate of drug-likeness (QED) is 0.731. The van der Waals surface area contributed by atoms with Gasteiger partial charge in [0, 0.05) is 17.6 Å². The number of alkyl halides is 1. The molecule has 0 fully saturated rings. The molecule has 0 unspecified atom stereocenters. The number of halogens is 1. The molecule has 13 heavy (non-hydrogen) atoms. The SMILES string of the molecule is CC(C)Nc1cccc(CCCl)c1. The zero-order valence-corrected chi connectivity index (χ0v) is 8.93. The van der Waals surface area contributed by atoms with Gasteiger partial charge in [-0.2, -0.15) is 0 Å². The van der Waals surface area contributed by atoms with Gasteiger partial charge in [0.1, 0.15) is 0 Å². The van der Waals surface area contributed by atoms with Gasteiger partial charge >= 0.3 is 0 Å². The van der Waals surface area contributed by atoms with E-state index < -0.39 is 0 Å². The molecule has 0 aliphatic heterocycles. The Morgan fingerprint density at radius 1 is 1.38 bits per heavy atom. The first-order chi connectivity index (χ1) is 6.22. The van der Waals surface area contributed by atoms with E-state index in [0.29, 0.717) is 11.9 Å². The van der Waals surface area contributed by atoms with E-state index in [4.69, 9.17) is 11.6 Å². The summed E-state index contributed by atoms with van der Waals surface area (Å²) >= 11 is 5.67. The van der Waals surface area contributed by atoms with Crippen LogP contribution in [0, 0.1) is 0 Å². The predicted octanol–water partition coefficient (Wildman–Crippen LogP) is 3.29. The lowest BCUT2D eigenvalue weighted by Gasteiger charge is -2.10. The Balaban J connectivity index is 2.67. The number of benzene rings is 1. The zero-order valence-electron chi connectivity index (χ0n) is 8.18. The third-order valence-electron chi connectivity index (χ3n) is 1.77. The first kappa shape index (κ1) is 10.4. The van der Waals surface area contributed by atoms with Gasteiger partial charge in [-0.3, -0.25) is 0 Å². The van der Waals surface area contributed by atoms with Gasteiger partial charge in [-0.25, -0.2) is 0 Å². The minimum atomic E-state index is 0.478. The van der Waals surface area contributed by atoms with E-state index >= 15 is 0 Å². The van der Waals surface area contributed by atoms with E-state index in [1.165, 1.54) is 11.3 Å². The third kappa shape index (κ3) is 3.69. The molecule has 0 saturated heterocycles. The van der Waals surface area contributed by atoms with Crippen LogP contribution in [-0.4, -0.2) is 11.9 Å². The molecular weight excluding hydrogens is 182 g/mol. The fraction of sp³-hybridized carbons (Fsp3) is 0.455.